The van der Waals surface area contributed by atoms with Crippen molar-refractivity contribution < 1.29 is 5.11 Å². The van der Waals surface area contributed by atoms with Gasteiger partial charge in [0, 0.05) is 0 Å². The van der Waals surface area contributed by atoms with E-state index in [0.717, 1.165) is 18.8 Å². The summed E-state index contributed by atoms with van der Waals surface area (Å²) in [5, 5.41) is 10.1. The first-order valence-electron chi connectivity index (χ1n) is 4.77. The Balaban J connectivity index is 2.55. The van der Waals surface area contributed by atoms with E-state index in [1.54, 1.807) is 0 Å². The Morgan fingerprint density at radius 2 is 2.09 bits per heavy atom. The number of hydrogen-bond donors (Lipinski definition) is 1. The van der Waals surface area contributed by atoms with Crippen LogP contribution >= 0.6 is 0 Å². The molecule has 0 heterocycles. The average Bonchev–Trinajstić information content (AvgIpc) is 1.86. The summed E-state index contributed by atoms with van der Waals surface area (Å²) >= 11 is 0. The molecule has 0 aromatic rings. The van der Waals surface area contributed by atoms with Gasteiger partial charge in [-0.05, 0) is 24.7 Å². The minimum absolute atomic E-state index is 0.350. The predicted molar refractivity (Wildman–Crippen MR) is 47.4 cm³/mol. The molecule has 1 heteroatoms. The summed E-state index contributed by atoms with van der Waals surface area (Å²) < 4.78 is 0. The van der Waals surface area contributed by atoms with Gasteiger partial charge in [0.1, 0.15) is 0 Å². The highest BCUT2D eigenvalue weighted by molar-refractivity contribution is 4.87. The lowest BCUT2D eigenvalue weighted by Gasteiger charge is -2.38. The molecule has 0 bridgehead atoms. The lowest BCUT2D eigenvalue weighted by Crippen LogP contribution is -2.39. The summed E-state index contributed by atoms with van der Waals surface area (Å²) in [5.41, 5.74) is -0.350. The lowest BCUT2D eigenvalue weighted by molar-refractivity contribution is -0.0512. The van der Waals surface area contributed by atoms with Crippen LogP contribution < -0.4 is 0 Å². The Hall–Kier alpha value is -0.0400. The zero-order valence-corrected chi connectivity index (χ0v) is 7.93. The summed E-state index contributed by atoms with van der Waals surface area (Å²) in [7, 11) is 0. The van der Waals surface area contributed by atoms with Crippen molar-refractivity contribution in [2.24, 2.45) is 11.8 Å². The first-order valence-corrected chi connectivity index (χ1v) is 4.77. The van der Waals surface area contributed by atoms with Crippen molar-refractivity contribution >= 4 is 0 Å². The van der Waals surface area contributed by atoms with Crippen LogP contribution in [0.5, 0.6) is 0 Å². The van der Waals surface area contributed by atoms with Crippen molar-refractivity contribution in [3.05, 3.63) is 0 Å². The molecule has 0 amide bonds. The van der Waals surface area contributed by atoms with Gasteiger partial charge in [-0.3, -0.25) is 0 Å². The molecule has 0 aromatic heterocycles. The molecule has 1 aliphatic rings. The fourth-order valence-corrected chi connectivity index (χ4v) is 2.09. The van der Waals surface area contributed by atoms with E-state index < -0.39 is 0 Å². The summed E-state index contributed by atoms with van der Waals surface area (Å²) in [6, 6.07) is 0. The minimum atomic E-state index is -0.350. The van der Waals surface area contributed by atoms with Crippen molar-refractivity contribution in [1.82, 2.24) is 0 Å². The van der Waals surface area contributed by atoms with Gasteiger partial charge in [-0.15, -0.1) is 0 Å². The molecule has 1 fully saturated rings. The summed E-state index contributed by atoms with van der Waals surface area (Å²) in [4.78, 5) is 0. The second-order valence-corrected chi connectivity index (χ2v) is 4.46. The molecule has 1 N–H and O–H groups in total. The Labute approximate surface area is 69.8 Å². The van der Waals surface area contributed by atoms with Crippen LogP contribution in [-0.2, 0) is 0 Å². The Bertz CT molecular complexity index is 131. The lowest BCUT2D eigenvalue weighted by atomic mass is 9.73. The van der Waals surface area contributed by atoms with Gasteiger partial charge in [-0.2, -0.15) is 0 Å². The zero-order valence-electron chi connectivity index (χ0n) is 7.93. The molecule has 0 spiro atoms. The van der Waals surface area contributed by atoms with E-state index in [1.165, 1.54) is 12.8 Å². The van der Waals surface area contributed by atoms with Crippen LogP contribution in [0.25, 0.3) is 0 Å². The van der Waals surface area contributed by atoms with E-state index in [4.69, 9.17) is 0 Å². The highest BCUT2D eigenvalue weighted by Gasteiger charge is 2.35. The standard InChI is InChI=1S/C10H20O/c1-8(2)10(11)6-4-5-9(3)7-10/h8-9,11H,4-7H2,1-3H3/t9?,10-/m1/s1. The highest BCUT2D eigenvalue weighted by atomic mass is 16.3. The van der Waals surface area contributed by atoms with Gasteiger partial charge in [0.05, 0.1) is 5.60 Å². The second kappa shape index (κ2) is 3.14. The number of aliphatic hydroxyl groups is 1. The van der Waals surface area contributed by atoms with Gasteiger partial charge in [-0.1, -0.05) is 33.6 Å². The fraction of sp³-hybridized carbons (Fsp3) is 1.00. The molecule has 1 aliphatic carbocycles. The second-order valence-electron chi connectivity index (χ2n) is 4.46. The molecule has 0 radical (unpaired) electrons. The Morgan fingerprint density at radius 3 is 2.45 bits per heavy atom. The summed E-state index contributed by atoms with van der Waals surface area (Å²) in [6.07, 6.45) is 4.52. The van der Waals surface area contributed by atoms with Crippen LogP contribution in [-0.4, -0.2) is 10.7 Å². The molecule has 0 aromatic carbocycles. The third kappa shape index (κ3) is 1.96. The van der Waals surface area contributed by atoms with E-state index in [0.29, 0.717) is 5.92 Å². The number of hydrogen-bond acceptors (Lipinski definition) is 1. The van der Waals surface area contributed by atoms with E-state index in [1.807, 2.05) is 0 Å². The normalized spacial score (nSPS) is 39.5. The molecular formula is C10H20O. The maximum Gasteiger partial charge on any atom is 0.0673 e. The summed E-state index contributed by atoms with van der Waals surface area (Å²) in [5.74, 6) is 1.14. The quantitative estimate of drug-likeness (QED) is 0.618. The first kappa shape index (κ1) is 9.05. The molecule has 11 heavy (non-hydrogen) atoms. The predicted octanol–water partition coefficient (Wildman–Crippen LogP) is 2.58. The Morgan fingerprint density at radius 1 is 1.45 bits per heavy atom. The van der Waals surface area contributed by atoms with Crippen LogP contribution in [0, 0.1) is 11.8 Å². The highest BCUT2D eigenvalue weighted by Crippen LogP contribution is 2.36. The molecule has 0 aliphatic heterocycles. The van der Waals surface area contributed by atoms with E-state index in [-0.39, 0.29) is 5.60 Å². The van der Waals surface area contributed by atoms with E-state index in [9.17, 15) is 5.11 Å². The van der Waals surface area contributed by atoms with Crippen LogP contribution in [0.3, 0.4) is 0 Å². The van der Waals surface area contributed by atoms with Crippen molar-refractivity contribution in [1.29, 1.82) is 0 Å². The fourth-order valence-electron chi connectivity index (χ4n) is 2.09. The van der Waals surface area contributed by atoms with Gasteiger partial charge in [0.25, 0.3) is 0 Å². The van der Waals surface area contributed by atoms with Crippen LogP contribution in [0.15, 0.2) is 0 Å². The van der Waals surface area contributed by atoms with Crippen molar-refractivity contribution in [2.75, 3.05) is 0 Å². The average molecular weight is 156 g/mol. The number of rotatable bonds is 1. The maximum atomic E-state index is 10.1. The molecule has 1 unspecified atom stereocenters. The molecule has 66 valence electrons. The summed E-state index contributed by atoms with van der Waals surface area (Å²) in [6.45, 7) is 6.49. The van der Waals surface area contributed by atoms with Gasteiger partial charge >= 0.3 is 0 Å². The zero-order chi connectivity index (χ0) is 8.48. The largest absolute Gasteiger partial charge is 0.390 e. The molecule has 0 saturated heterocycles. The Kier molecular flexibility index (Phi) is 2.58. The first-order chi connectivity index (χ1) is 5.04. The minimum Gasteiger partial charge on any atom is -0.390 e. The van der Waals surface area contributed by atoms with Gasteiger partial charge in [0.2, 0.25) is 0 Å². The van der Waals surface area contributed by atoms with E-state index in [2.05, 4.69) is 20.8 Å². The van der Waals surface area contributed by atoms with Crippen molar-refractivity contribution in [3.8, 4) is 0 Å². The molecular weight excluding hydrogens is 136 g/mol. The molecule has 1 saturated carbocycles. The maximum absolute atomic E-state index is 10.1. The molecule has 1 nitrogen and oxygen atoms in total. The van der Waals surface area contributed by atoms with Gasteiger partial charge in [0.15, 0.2) is 0 Å². The van der Waals surface area contributed by atoms with Crippen LogP contribution in [0.2, 0.25) is 0 Å². The molecule has 2 atom stereocenters. The monoisotopic (exact) mass is 156 g/mol. The topological polar surface area (TPSA) is 20.2 Å². The third-order valence-electron chi connectivity index (χ3n) is 3.08. The van der Waals surface area contributed by atoms with Gasteiger partial charge < -0.3 is 5.11 Å². The van der Waals surface area contributed by atoms with Crippen molar-refractivity contribution in [3.63, 3.8) is 0 Å². The molecule has 1 rings (SSSR count). The van der Waals surface area contributed by atoms with Crippen LogP contribution in [0.4, 0.5) is 0 Å². The smallest absolute Gasteiger partial charge is 0.0673 e. The van der Waals surface area contributed by atoms with Gasteiger partial charge in [-0.25, -0.2) is 0 Å². The third-order valence-corrected chi connectivity index (χ3v) is 3.08. The van der Waals surface area contributed by atoms with Crippen LogP contribution in [0.1, 0.15) is 46.5 Å². The SMILES string of the molecule is CC1CCC[C@](O)(C(C)C)C1. The van der Waals surface area contributed by atoms with E-state index >= 15 is 0 Å². The van der Waals surface area contributed by atoms with Crippen molar-refractivity contribution in [2.45, 2.75) is 52.1 Å².